The number of aromatic nitrogens is 1. The smallest absolute Gasteiger partial charge is 0.308 e. The first kappa shape index (κ1) is 45.9. The van der Waals surface area contributed by atoms with Crippen LogP contribution in [0.25, 0.3) is 10.9 Å². The Hall–Kier alpha value is -7.17. The molecule has 16 heteroatoms. The molecule has 5 rings (SSSR count). The number of Topliss-reactive ketones (excluding diaryl/α,β-unsaturated/α-hetero) is 1. The Morgan fingerprint density at radius 2 is 1.19 bits per heavy atom. The maximum Gasteiger partial charge on any atom is 0.308 e. The zero-order valence-corrected chi connectivity index (χ0v) is 34.6. The van der Waals surface area contributed by atoms with Gasteiger partial charge in [-0.05, 0) is 48.6 Å². The number of aliphatic hydroxyl groups excluding tert-OH is 1. The van der Waals surface area contributed by atoms with E-state index < -0.39 is 89.9 Å². The van der Waals surface area contributed by atoms with E-state index in [4.69, 9.17) is 10.5 Å². The molecule has 0 saturated carbocycles. The van der Waals surface area contributed by atoms with Crippen molar-refractivity contribution >= 4 is 52.2 Å². The second-order valence-electron chi connectivity index (χ2n) is 14.8. The van der Waals surface area contributed by atoms with Crippen LogP contribution in [0, 0.1) is 0 Å². The van der Waals surface area contributed by atoms with Gasteiger partial charge < -0.3 is 47.1 Å². The molecule has 5 atom stereocenters. The summed E-state index contributed by atoms with van der Waals surface area (Å²) in [5.41, 5.74) is 8.75. The quantitative estimate of drug-likeness (QED) is 0.0416. The highest BCUT2D eigenvalue weighted by Crippen LogP contribution is 2.37. The highest BCUT2D eigenvalue weighted by atomic mass is 16.5. The summed E-state index contributed by atoms with van der Waals surface area (Å²) in [6, 6.07) is 28.8. The molecule has 0 aliphatic rings. The van der Waals surface area contributed by atoms with E-state index in [1.807, 2.05) is 115 Å². The number of carbonyl (C=O) groups excluding carboxylic acids is 7. The van der Waals surface area contributed by atoms with E-state index in [2.05, 4.69) is 31.6 Å². The van der Waals surface area contributed by atoms with Gasteiger partial charge >= 0.3 is 5.97 Å². The lowest BCUT2D eigenvalue weighted by molar-refractivity contribution is -0.144. The Kier molecular flexibility index (Phi) is 15.8. The minimum Gasteiger partial charge on any atom is -0.469 e. The molecule has 0 saturated heterocycles. The number of para-hydroxylation sites is 1. The van der Waals surface area contributed by atoms with Crippen LogP contribution in [-0.2, 0) is 50.3 Å². The van der Waals surface area contributed by atoms with Gasteiger partial charge in [0, 0.05) is 17.1 Å². The van der Waals surface area contributed by atoms with Crippen molar-refractivity contribution in [3.05, 3.63) is 144 Å². The zero-order valence-electron chi connectivity index (χ0n) is 34.6. The number of amides is 5. The molecule has 62 heavy (non-hydrogen) atoms. The Labute approximate surface area is 358 Å². The van der Waals surface area contributed by atoms with Gasteiger partial charge in [-0.2, -0.15) is 0 Å². The summed E-state index contributed by atoms with van der Waals surface area (Å²) in [6.07, 6.45) is -1.13. The van der Waals surface area contributed by atoms with Gasteiger partial charge in [0.15, 0.2) is 0 Å². The number of aliphatic hydroxyl groups is 1. The van der Waals surface area contributed by atoms with E-state index in [1.165, 1.54) is 13.8 Å². The third-order valence-electron chi connectivity index (χ3n) is 10.2. The summed E-state index contributed by atoms with van der Waals surface area (Å²) in [5, 5.41) is 24.0. The van der Waals surface area contributed by atoms with Crippen LogP contribution in [0.4, 0.5) is 0 Å². The predicted octanol–water partition coefficient (Wildman–Crippen LogP) is 1.64. The number of ketones is 1. The van der Waals surface area contributed by atoms with Crippen LogP contribution in [0.1, 0.15) is 48.9 Å². The molecule has 0 spiro atoms. The molecule has 0 aliphatic carbocycles. The summed E-state index contributed by atoms with van der Waals surface area (Å²) in [5.74, 6) is -5.87. The van der Waals surface area contributed by atoms with Crippen molar-refractivity contribution in [3.63, 3.8) is 0 Å². The predicted molar refractivity (Wildman–Crippen MR) is 230 cm³/mol. The number of H-pyrrole nitrogens is 1. The molecule has 4 aromatic carbocycles. The largest absolute Gasteiger partial charge is 0.469 e. The average molecular weight is 846 g/mol. The number of carbonyl (C=O) groups is 7. The lowest BCUT2D eigenvalue weighted by atomic mass is 9.77. The Morgan fingerprint density at radius 3 is 1.73 bits per heavy atom. The fourth-order valence-electron chi connectivity index (χ4n) is 7.06. The minimum atomic E-state index is -1.74. The second-order valence-corrected chi connectivity index (χ2v) is 14.8. The first-order valence-electron chi connectivity index (χ1n) is 19.9. The van der Waals surface area contributed by atoms with Gasteiger partial charge in [-0.1, -0.05) is 109 Å². The third kappa shape index (κ3) is 11.6. The van der Waals surface area contributed by atoms with Crippen molar-refractivity contribution < 1.29 is 43.4 Å². The fourth-order valence-corrected chi connectivity index (χ4v) is 7.06. The van der Waals surface area contributed by atoms with Crippen LogP contribution in [0.5, 0.6) is 0 Å². The van der Waals surface area contributed by atoms with Crippen molar-refractivity contribution in [3.8, 4) is 0 Å². The van der Waals surface area contributed by atoms with E-state index in [9.17, 15) is 38.7 Å². The van der Waals surface area contributed by atoms with E-state index in [1.54, 1.807) is 6.20 Å². The van der Waals surface area contributed by atoms with Gasteiger partial charge in [0.05, 0.1) is 38.6 Å². The van der Waals surface area contributed by atoms with Crippen molar-refractivity contribution in [2.24, 2.45) is 5.73 Å². The zero-order chi connectivity index (χ0) is 44.8. The number of hydrogen-bond donors (Lipinski definition) is 8. The second kappa shape index (κ2) is 21.4. The van der Waals surface area contributed by atoms with Crippen LogP contribution in [0.2, 0.25) is 0 Å². The summed E-state index contributed by atoms with van der Waals surface area (Å²) < 4.78 is 4.77. The summed E-state index contributed by atoms with van der Waals surface area (Å²) >= 11 is 0. The number of methoxy groups -OCH3 is 1. The number of aromatic amines is 1. The lowest BCUT2D eigenvalue weighted by Gasteiger charge is -2.37. The number of nitrogens with two attached hydrogens (primary N) is 1. The maximum atomic E-state index is 14.6. The normalized spacial score (nSPS) is 13.6. The van der Waals surface area contributed by atoms with E-state index in [0.717, 1.165) is 23.6 Å². The highest BCUT2D eigenvalue weighted by Gasteiger charge is 2.40. The number of fused-ring (bicyclic) bond motifs is 1. The van der Waals surface area contributed by atoms with Gasteiger partial charge in [-0.3, -0.25) is 33.6 Å². The first-order valence-corrected chi connectivity index (χ1v) is 19.9. The summed E-state index contributed by atoms with van der Waals surface area (Å²) in [6.45, 7) is 2.07. The molecule has 0 radical (unpaired) electrons. The monoisotopic (exact) mass is 845 g/mol. The van der Waals surface area contributed by atoms with Crippen LogP contribution in [0.3, 0.4) is 0 Å². The van der Waals surface area contributed by atoms with Crippen LogP contribution in [0.15, 0.2) is 121 Å². The van der Waals surface area contributed by atoms with E-state index >= 15 is 0 Å². The Bertz CT molecular complexity index is 2260. The molecule has 0 fully saturated rings. The van der Waals surface area contributed by atoms with Crippen molar-refractivity contribution in [2.75, 3.05) is 13.7 Å². The number of benzene rings is 4. The highest BCUT2D eigenvalue weighted by molar-refractivity contribution is 5.98. The van der Waals surface area contributed by atoms with Crippen molar-refractivity contribution in [2.45, 2.75) is 68.9 Å². The number of hydrogen-bond acceptors (Lipinski definition) is 10. The van der Waals surface area contributed by atoms with Gasteiger partial charge in [0.2, 0.25) is 29.5 Å². The standard InChI is InChI=1S/C46H51N7O9/c1-28(54)26-49-45(61)41(29(2)55)52-44(60)38(25-40(57)62-3)51-43(59)37(50-42(58)35(47)23-30-27-48-36-22-14-13-21-34(30)36)24-39(56)53-46(31-15-7-4-8-16-31,32-17-9-5-10-18-32)33-19-11-6-12-20-33/h4-22,27,29,35,37-38,41,48,55H,23-26,47H2,1-3H3,(H,49,61)(H,50,58)(H,51,59)(H,52,60)(H,53,56). The molecule has 9 N–H and O–H groups in total. The minimum absolute atomic E-state index is 0.0509. The molecule has 5 aromatic rings. The third-order valence-corrected chi connectivity index (χ3v) is 10.2. The number of nitrogens with one attached hydrogen (secondary N) is 6. The molecule has 16 nitrogen and oxygen atoms in total. The molecule has 5 unspecified atom stereocenters. The van der Waals surface area contributed by atoms with Crippen LogP contribution >= 0.6 is 0 Å². The van der Waals surface area contributed by atoms with Gasteiger partial charge in [-0.15, -0.1) is 0 Å². The van der Waals surface area contributed by atoms with Gasteiger partial charge in [0.25, 0.3) is 0 Å². The molecule has 1 aromatic heterocycles. The summed E-state index contributed by atoms with van der Waals surface area (Å²) in [4.78, 5) is 96.6. The van der Waals surface area contributed by atoms with Crippen LogP contribution in [-0.4, -0.2) is 95.3 Å². The topological polar surface area (TPSA) is 251 Å². The van der Waals surface area contributed by atoms with Crippen LogP contribution < -0.4 is 32.3 Å². The molecule has 5 amide bonds. The molecule has 324 valence electrons. The van der Waals surface area contributed by atoms with Crippen molar-refractivity contribution in [1.29, 1.82) is 0 Å². The molecular formula is C46H51N7O9. The van der Waals surface area contributed by atoms with Crippen molar-refractivity contribution in [1.82, 2.24) is 31.6 Å². The SMILES string of the molecule is COC(=O)CC(NC(=O)C(CC(=O)NC(c1ccccc1)(c1ccccc1)c1ccccc1)NC(=O)C(N)Cc1c[nH]c2ccccc12)C(=O)NC(C(=O)NCC(C)=O)C(C)O. The number of rotatable bonds is 20. The Morgan fingerprint density at radius 1 is 0.694 bits per heavy atom. The Balaban J connectivity index is 1.49. The average Bonchev–Trinajstić information content (AvgIpc) is 3.68. The number of ether oxygens (including phenoxy) is 1. The lowest BCUT2D eigenvalue weighted by Crippen LogP contribution is -2.60. The van der Waals surface area contributed by atoms with Gasteiger partial charge in [-0.25, -0.2) is 0 Å². The number of esters is 1. The van der Waals surface area contributed by atoms with E-state index in [0.29, 0.717) is 16.7 Å². The molecule has 0 bridgehead atoms. The first-order chi connectivity index (χ1) is 29.7. The molecule has 1 heterocycles. The van der Waals surface area contributed by atoms with E-state index in [-0.39, 0.29) is 13.0 Å². The maximum absolute atomic E-state index is 14.6. The fraction of sp³-hybridized carbons (Fsp3) is 0.283. The molecule has 0 aliphatic heterocycles. The molecular weight excluding hydrogens is 795 g/mol. The van der Waals surface area contributed by atoms with Gasteiger partial charge in [0.1, 0.15) is 29.4 Å². The summed E-state index contributed by atoms with van der Waals surface area (Å²) in [7, 11) is 1.06.